The van der Waals surface area contributed by atoms with E-state index in [0.29, 0.717) is 37.0 Å². The highest BCUT2D eigenvalue weighted by Crippen LogP contribution is 2.24. The van der Waals surface area contributed by atoms with Crippen molar-refractivity contribution in [3.05, 3.63) is 29.3 Å². The zero-order chi connectivity index (χ0) is 19.6. The second kappa shape index (κ2) is 12.9. The number of piperidine rings is 1. The molecule has 1 fully saturated rings. The lowest BCUT2D eigenvalue weighted by Crippen LogP contribution is -2.50. The summed E-state index contributed by atoms with van der Waals surface area (Å²) in [6, 6.07) is 7.69. The minimum Gasteiger partial charge on any atom is -0.487 e. The van der Waals surface area contributed by atoms with Crippen molar-refractivity contribution in [3.63, 3.8) is 0 Å². The van der Waals surface area contributed by atoms with E-state index in [2.05, 4.69) is 15.6 Å². The van der Waals surface area contributed by atoms with E-state index >= 15 is 0 Å². The largest absolute Gasteiger partial charge is 0.487 e. The molecule has 0 radical (unpaired) electrons. The van der Waals surface area contributed by atoms with Crippen LogP contribution >= 0.6 is 35.6 Å². The Balaban J connectivity index is 0.00000392. The Morgan fingerprint density at radius 1 is 1.36 bits per heavy atom. The first kappa shape index (κ1) is 24.6. The van der Waals surface area contributed by atoms with Crippen molar-refractivity contribution < 1.29 is 14.3 Å². The van der Waals surface area contributed by atoms with Gasteiger partial charge in [0.15, 0.2) is 5.96 Å². The second-order valence-corrected chi connectivity index (χ2v) is 6.82. The lowest BCUT2D eigenvalue weighted by atomic mass is 10.1. The molecule has 0 aliphatic carbocycles. The van der Waals surface area contributed by atoms with Crippen LogP contribution in [-0.2, 0) is 4.74 Å². The number of benzene rings is 1. The number of ether oxygens (including phenoxy) is 2. The van der Waals surface area contributed by atoms with Gasteiger partial charge in [-0.3, -0.25) is 4.99 Å². The quantitative estimate of drug-likeness (QED) is 0.338. The highest BCUT2D eigenvalue weighted by molar-refractivity contribution is 14.0. The van der Waals surface area contributed by atoms with Gasteiger partial charge >= 0.3 is 6.09 Å². The van der Waals surface area contributed by atoms with Crippen molar-refractivity contribution in [1.82, 2.24) is 15.5 Å². The molecular weight excluding hydrogens is 495 g/mol. The molecule has 0 saturated carbocycles. The molecule has 0 bridgehead atoms. The Morgan fingerprint density at radius 3 is 2.64 bits per heavy atom. The minimum atomic E-state index is -0.232. The van der Waals surface area contributed by atoms with E-state index in [0.717, 1.165) is 18.8 Å². The molecule has 2 N–H and O–H groups in total. The molecule has 1 aromatic carbocycles. The molecule has 1 aliphatic heterocycles. The summed E-state index contributed by atoms with van der Waals surface area (Å²) in [5.74, 6) is 1.39. The van der Waals surface area contributed by atoms with Gasteiger partial charge in [-0.05, 0) is 38.8 Å². The fourth-order valence-corrected chi connectivity index (χ4v) is 3.03. The Hall–Kier alpha value is -1.42. The van der Waals surface area contributed by atoms with Gasteiger partial charge in [-0.2, -0.15) is 0 Å². The van der Waals surface area contributed by atoms with E-state index in [1.54, 1.807) is 18.0 Å². The van der Waals surface area contributed by atoms with E-state index < -0.39 is 0 Å². The summed E-state index contributed by atoms with van der Waals surface area (Å²) in [5.41, 5.74) is 0. The number of halogens is 2. The van der Waals surface area contributed by atoms with E-state index in [4.69, 9.17) is 21.1 Å². The van der Waals surface area contributed by atoms with E-state index in [-0.39, 0.29) is 42.2 Å². The fraction of sp³-hybridized carbons (Fsp3) is 0.579. The monoisotopic (exact) mass is 524 g/mol. The first-order valence-corrected chi connectivity index (χ1v) is 9.71. The zero-order valence-electron chi connectivity index (χ0n) is 16.6. The average Bonchev–Trinajstić information content (AvgIpc) is 2.67. The van der Waals surface area contributed by atoms with Crippen LogP contribution in [0.3, 0.4) is 0 Å². The van der Waals surface area contributed by atoms with Crippen LogP contribution in [0.1, 0.15) is 26.7 Å². The molecule has 0 spiro atoms. The van der Waals surface area contributed by atoms with Gasteiger partial charge in [0.2, 0.25) is 0 Å². The van der Waals surface area contributed by atoms with Crippen LogP contribution < -0.4 is 15.4 Å². The number of para-hydroxylation sites is 1. The lowest BCUT2D eigenvalue weighted by molar-refractivity contribution is 0.0963. The second-order valence-electron chi connectivity index (χ2n) is 6.42. The zero-order valence-corrected chi connectivity index (χ0v) is 19.7. The van der Waals surface area contributed by atoms with Gasteiger partial charge in [0.25, 0.3) is 0 Å². The summed E-state index contributed by atoms with van der Waals surface area (Å²) in [6.07, 6.45) is 1.40. The summed E-state index contributed by atoms with van der Waals surface area (Å²) >= 11 is 6.12. The molecule has 1 aromatic rings. The van der Waals surface area contributed by atoms with Gasteiger partial charge < -0.3 is 25.0 Å². The number of likely N-dealkylation sites (tertiary alicyclic amines) is 1. The van der Waals surface area contributed by atoms with Crippen LogP contribution in [0.2, 0.25) is 5.02 Å². The number of hydrogen-bond acceptors (Lipinski definition) is 4. The van der Waals surface area contributed by atoms with Gasteiger partial charge in [0.1, 0.15) is 11.9 Å². The van der Waals surface area contributed by atoms with Gasteiger partial charge in [-0.25, -0.2) is 4.79 Å². The number of carbonyl (C=O) groups is 1. The summed E-state index contributed by atoms with van der Waals surface area (Å²) in [5, 5.41) is 7.28. The van der Waals surface area contributed by atoms with E-state index in [1.165, 1.54) is 0 Å². The number of nitrogens with one attached hydrogen (secondary N) is 2. The third kappa shape index (κ3) is 7.90. The summed E-state index contributed by atoms with van der Waals surface area (Å²) in [4.78, 5) is 17.8. The molecule has 1 unspecified atom stereocenters. The number of hydrogen-bond donors (Lipinski definition) is 2. The molecule has 158 valence electrons. The van der Waals surface area contributed by atoms with Crippen molar-refractivity contribution in [1.29, 1.82) is 0 Å². The van der Waals surface area contributed by atoms with Crippen molar-refractivity contribution in [3.8, 4) is 5.75 Å². The van der Waals surface area contributed by atoms with E-state index in [9.17, 15) is 4.79 Å². The predicted octanol–water partition coefficient (Wildman–Crippen LogP) is 3.51. The summed E-state index contributed by atoms with van der Waals surface area (Å²) in [7, 11) is 1.74. The summed E-state index contributed by atoms with van der Waals surface area (Å²) in [6.45, 7) is 6.15. The molecule has 2 rings (SSSR count). The van der Waals surface area contributed by atoms with Crippen LogP contribution in [0.15, 0.2) is 29.3 Å². The van der Waals surface area contributed by atoms with Crippen LogP contribution in [0.4, 0.5) is 4.79 Å². The van der Waals surface area contributed by atoms with Crippen molar-refractivity contribution in [2.75, 3.05) is 33.3 Å². The Labute approximate surface area is 189 Å². The van der Waals surface area contributed by atoms with Crippen LogP contribution in [0.5, 0.6) is 5.75 Å². The molecule has 7 nitrogen and oxygen atoms in total. The third-order valence-corrected chi connectivity index (χ3v) is 4.62. The Morgan fingerprint density at radius 2 is 2.04 bits per heavy atom. The first-order valence-electron chi connectivity index (χ1n) is 9.33. The van der Waals surface area contributed by atoms with Crippen LogP contribution in [0.25, 0.3) is 0 Å². The summed E-state index contributed by atoms with van der Waals surface area (Å²) < 4.78 is 10.9. The van der Waals surface area contributed by atoms with E-state index in [1.807, 2.05) is 32.0 Å². The molecule has 1 atom stereocenters. The fourth-order valence-electron chi connectivity index (χ4n) is 2.85. The highest BCUT2D eigenvalue weighted by atomic mass is 127. The Kier molecular flexibility index (Phi) is 11.4. The lowest BCUT2D eigenvalue weighted by Gasteiger charge is -2.32. The SMILES string of the molecule is CCOC(=O)N1CCC(NC(=NC)NCC(C)Oc2ccccc2Cl)CC1.I. The molecule has 1 amide bonds. The molecule has 1 heterocycles. The normalized spacial score (nSPS) is 16.0. The smallest absolute Gasteiger partial charge is 0.409 e. The van der Waals surface area contributed by atoms with Crippen molar-refractivity contribution >= 4 is 47.6 Å². The number of carbonyl (C=O) groups excluding carboxylic acids is 1. The van der Waals surface area contributed by atoms with Crippen molar-refractivity contribution in [2.24, 2.45) is 4.99 Å². The molecule has 1 saturated heterocycles. The predicted molar refractivity (Wildman–Crippen MR) is 123 cm³/mol. The maximum Gasteiger partial charge on any atom is 0.409 e. The number of amides is 1. The molecule has 28 heavy (non-hydrogen) atoms. The highest BCUT2D eigenvalue weighted by Gasteiger charge is 2.24. The molecule has 9 heteroatoms. The van der Waals surface area contributed by atoms with Crippen LogP contribution in [-0.4, -0.2) is 62.4 Å². The van der Waals surface area contributed by atoms with Crippen LogP contribution in [0, 0.1) is 0 Å². The van der Waals surface area contributed by atoms with Gasteiger partial charge in [-0.15, -0.1) is 24.0 Å². The topological polar surface area (TPSA) is 75.2 Å². The average molecular weight is 525 g/mol. The van der Waals surface area contributed by atoms with Crippen molar-refractivity contribution in [2.45, 2.75) is 38.8 Å². The minimum absolute atomic E-state index is 0. The number of guanidine groups is 1. The Bertz CT molecular complexity index is 639. The molecule has 1 aliphatic rings. The number of aliphatic imine (C=N–C) groups is 1. The number of nitrogens with zero attached hydrogens (tertiary/aromatic N) is 2. The van der Waals surface area contributed by atoms with Gasteiger partial charge in [-0.1, -0.05) is 23.7 Å². The molecular formula is C19H30ClIN4O3. The first-order chi connectivity index (χ1) is 13.0. The third-order valence-electron chi connectivity index (χ3n) is 4.31. The maximum atomic E-state index is 11.8. The maximum absolute atomic E-state index is 11.8. The number of rotatable bonds is 6. The standard InChI is InChI=1S/C19H29ClN4O3.HI/c1-4-26-19(25)24-11-9-15(10-12-24)23-18(21-3)22-13-14(2)27-17-8-6-5-7-16(17)20;/h5-8,14-15H,4,9-13H2,1-3H3,(H2,21,22,23);1H. The van der Waals surface area contributed by atoms with Gasteiger partial charge in [0.05, 0.1) is 18.2 Å². The molecule has 0 aromatic heterocycles. The van der Waals surface area contributed by atoms with Gasteiger partial charge in [0, 0.05) is 26.2 Å².